The van der Waals surface area contributed by atoms with Crippen molar-refractivity contribution in [3.8, 4) is 5.75 Å². The van der Waals surface area contributed by atoms with E-state index in [4.69, 9.17) is 14.6 Å². The molecule has 1 atom stereocenters. The number of aliphatic hydroxyl groups excluding tert-OH is 1. The lowest BCUT2D eigenvalue weighted by Crippen LogP contribution is -1.99. The van der Waals surface area contributed by atoms with Gasteiger partial charge in [0.25, 0.3) is 5.97 Å². The van der Waals surface area contributed by atoms with Crippen LogP contribution in [0.4, 0.5) is 0 Å². The van der Waals surface area contributed by atoms with Crippen LogP contribution in [0.3, 0.4) is 0 Å². The maximum Gasteiger partial charge on any atom is 0.300 e. The highest BCUT2D eigenvalue weighted by Crippen LogP contribution is 2.24. The zero-order valence-electron chi connectivity index (χ0n) is 11.5. The Morgan fingerprint density at radius 3 is 2.15 bits per heavy atom. The molecule has 0 radical (unpaired) electrons. The molecule has 2 aromatic rings. The summed E-state index contributed by atoms with van der Waals surface area (Å²) < 4.78 is 5.13. The summed E-state index contributed by atoms with van der Waals surface area (Å²) in [5.74, 6) is -0.0764. The van der Waals surface area contributed by atoms with Crippen LogP contribution < -0.4 is 4.74 Å². The quantitative estimate of drug-likeness (QED) is 0.903. The van der Waals surface area contributed by atoms with E-state index in [0.29, 0.717) is 0 Å². The zero-order chi connectivity index (χ0) is 15.0. The van der Waals surface area contributed by atoms with E-state index in [2.05, 4.69) is 0 Å². The van der Waals surface area contributed by atoms with Crippen molar-refractivity contribution in [1.29, 1.82) is 0 Å². The molecule has 0 aliphatic heterocycles. The summed E-state index contributed by atoms with van der Waals surface area (Å²) in [6, 6.07) is 17.0. The number of hydrogen-bond acceptors (Lipinski definition) is 3. The van der Waals surface area contributed by atoms with E-state index in [-0.39, 0.29) is 0 Å². The van der Waals surface area contributed by atoms with E-state index >= 15 is 0 Å². The summed E-state index contributed by atoms with van der Waals surface area (Å²) in [5.41, 5.74) is 1.72. The first kappa shape index (κ1) is 15.7. The topological polar surface area (TPSA) is 66.8 Å². The molecule has 20 heavy (non-hydrogen) atoms. The number of carboxylic acid groups (broad SMARTS) is 1. The Morgan fingerprint density at radius 1 is 1.05 bits per heavy atom. The molecule has 0 saturated carbocycles. The molecule has 0 aliphatic carbocycles. The fourth-order valence-electron chi connectivity index (χ4n) is 1.64. The van der Waals surface area contributed by atoms with Gasteiger partial charge in [-0.25, -0.2) is 0 Å². The van der Waals surface area contributed by atoms with Gasteiger partial charge in [-0.05, 0) is 23.3 Å². The van der Waals surface area contributed by atoms with E-state index in [0.717, 1.165) is 23.8 Å². The lowest BCUT2D eigenvalue weighted by molar-refractivity contribution is -0.134. The van der Waals surface area contributed by atoms with Crippen molar-refractivity contribution in [2.24, 2.45) is 0 Å². The second-order valence-electron chi connectivity index (χ2n) is 4.11. The molecule has 0 heterocycles. The van der Waals surface area contributed by atoms with Crippen LogP contribution in [0.15, 0.2) is 54.6 Å². The first-order valence-electron chi connectivity index (χ1n) is 6.11. The van der Waals surface area contributed by atoms with Crippen LogP contribution in [0.5, 0.6) is 5.75 Å². The van der Waals surface area contributed by atoms with Crippen molar-refractivity contribution in [2.75, 3.05) is 7.11 Å². The van der Waals surface area contributed by atoms with E-state index in [9.17, 15) is 5.11 Å². The highest BCUT2D eigenvalue weighted by molar-refractivity contribution is 5.62. The Bertz CT molecular complexity index is 533. The van der Waals surface area contributed by atoms with Crippen LogP contribution in [0.2, 0.25) is 0 Å². The van der Waals surface area contributed by atoms with Crippen LogP contribution in [-0.2, 0) is 4.79 Å². The number of benzene rings is 2. The maximum absolute atomic E-state index is 10.2. The Kier molecular flexibility index (Phi) is 6.26. The molecule has 0 aromatic heterocycles. The summed E-state index contributed by atoms with van der Waals surface area (Å²) in [6.45, 7) is 1.08. The van der Waals surface area contributed by atoms with Crippen LogP contribution >= 0.6 is 0 Å². The second-order valence-corrected chi connectivity index (χ2v) is 4.11. The minimum absolute atomic E-state index is 0.601. The summed E-state index contributed by atoms with van der Waals surface area (Å²) in [7, 11) is 1.62. The fraction of sp³-hybridized carbons (Fsp3) is 0.188. The van der Waals surface area contributed by atoms with Gasteiger partial charge in [0.05, 0.1) is 7.11 Å². The molecule has 0 spiro atoms. The van der Waals surface area contributed by atoms with Crippen molar-refractivity contribution in [2.45, 2.75) is 13.0 Å². The average molecular weight is 274 g/mol. The van der Waals surface area contributed by atoms with Gasteiger partial charge in [-0.2, -0.15) is 0 Å². The van der Waals surface area contributed by atoms with Gasteiger partial charge in [0, 0.05) is 6.92 Å². The number of methoxy groups -OCH3 is 1. The molecule has 106 valence electrons. The van der Waals surface area contributed by atoms with E-state index in [1.807, 2.05) is 54.6 Å². The van der Waals surface area contributed by atoms with Crippen molar-refractivity contribution in [3.63, 3.8) is 0 Å². The zero-order valence-corrected chi connectivity index (χ0v) is 11.5. The van der Waals surface area contributed by atoms with Crippen LogP contribution in [0.25, 0.3) is 0 Å². The summed E-state index contributed by atoms with van der Waals surface area (Å²) in [5, 5.41) is 17.6. The van der Waals surface area contributed by atoms with Crippen LogP contribution in [0, 0.1) is 0 Å². The normalized spacial score (nSPS) is 10.9. The third-order valence-corrected chi connectivity index (χ3v) is 2.52. The maximum atomic E-state index is 10.2. The number of hydrogen-bond donors (Lipinski definition) is 2. The monoisotopic (exact) mass is 274 g/mol. The molecule has 0 aliphatic rings. The van der Waals surface area contributed by atoms with Crippen LogP contribution in [0.1, 0.15) is 24.2 Å². The highest BCUT2D eigenvalue weighted by Gasteiger charge is 2.09. The molecular formula is C16H18O4. The largest absolute Gasteiger partial charge is 0.497 e. The number of carboxylic acids is 1. The molecule has 0 bridgehead atoms. The number of aliphatic carboxylic acids is 1. The molecule has 2 N–H and O–H groups in total. The van der Waals surface area contributed by atoms with Gasteiger partial charge in [0.2, 0.25) is 0 Å². The first-order chi connectivity index (χ1) is 9.54. The molecule has 0 amide bonds. The van der Waals surface area contributed by atoms with E-state index < -0.39 is 12.1 Å². The van der Waals surface area contributed by atoms with Crippen molar-refractivity contribution >= 4 is 5.97 Å². The van der Waals surface area contributed by atoms with Gasteiger partial charge in [-0.3, -0.25) is 4.79 Å². The minimum atomic E-state index is -0.833. The van der Waals surface area contributed by atoms with Crippen molar-refractivity contribution < 1.29 is 19.7 Å². The van der Waals surface area contributed by atoms with Gasteiger partial charge in [0.15, 0.2) is 0 Å². The molecule has 2 aromatic carbocycles. The average Bonchev–Trinajstić information content (AvgIpc) is 2.47. The number of aliphatic hydroxyl groups is 1. The molecule has 2 rings (SSSR count). The third-order valence-electron chi connectivity index (χ3n) is 2.52. The Balaban J connectivity index is 0.000000444. The third kappa shape index (κ3) is 5.12. The predicted molar refractivity (Wildman–Crippen MR) is 76.8 cm³/mol. The van der Waals surface area contributed by atoms with Gasteiger partial charge in [-0.15, -0.1) is 0 Å². The summed E-state index contributed by atoms with van der Waals surface area (Å²) >= 11 is 0. The van der Waals surface area contributed by atoms with Gasteiger partial charge in [-0.1, -0.05) is 42.5 Å². The first-order valence-corrected chi connectivity index (χ1v) is 6.11. The lowest BCUT2D eigenvalue weighted by Gasteiger charge is -2.12. The minimum Gasteiger partial charge on any atom is -0.497 e. The molecule has 0 fully saturated rings. The van der Waals surface area contributed by atoms with E-state index in [1.165, 1.54) is 0 Å². The SMILES string of the molecule is CC(=O)O.COc1cccc(C(O)c2ccccc2)c1. The molecule has 4 nitrogen and oxygen atoms in total. The Labute approximate surface area is 118 Å². The number of carbonyl (C=O) groups is 1. The van der Waals surface area contributed by atoms with Crippen LogP contribution in [-0.4, -0.2) is 23.3 Å². The Hall–Kier alpha value is -2.33. The standard InChI is InChI=1S/C14H14O2.C2H4O2/c1-16-13-9-5-8-12(10-13)14(15)11-6-3-2-4-7-11;1-2(3)4/h2-10,14-15H,1H3;1H3,(H,3,4). The van der Waals surface area contributed by atoms with Crippen molar-refractivity contribution in [3.05, 3.63) is 65.7 Å². The van der Waals surface area contributed by atoms with Crippen molar-refractivity contribution in [1.82, 2.24) is 0 Å². The van der Waals surface area contributed by atoms with E-state index in [1.54, 1.807) is 7.11 Å². The summed E-state index contributed by atoms with van der Waals surface area (Å²) in [6.07, 6.45) is -0.601. The van der Waals surface area contributed by atoms with Gasteiger partial charge >= 0.3 is 0 Å². The second kappa shape index (κ2) is 7.96. The van der Waals surface area contributed by atoms with Gasteiger partial charge in [0.1, 0.15) is 11.9 Å². The molecule has 1 unspecified atom stereocenters. The molecular weight excluding hydrogens is 256 g/mol. The fourth-order valence-corrected chi connectivity index (χ4v) is 1.64. The number of rotatable bonds is 3. The van der Waals surface area contributed by atoms with Gasteiger partial charge < -0.3 is 14.9 Å². The highest BCUT2D eigenvalue weighted by atomic mass is 16.5. The lowest BCUT2D eigenvalue weighted by atomic mass is 10.0. The number of ether oxygens (including phenoxy) is 1. The smallest absolute Gasteiger partial charge is 0.300 e. The predicted octanol–water partition coefficient (Wildman–Crippen LogP) is 2.87. The summed E-state index contributed by atoms with van der Waals surface area (Å²) in [4.78, 5) is 9.00. The molecule has 4 heteroatoms. The molecule has 0 saturated heterocycles. The Morgan fingerprint density at radius 2 is 1.60 bits per heavy atom.